The molecule has 9 nitrogen and oxygen atoms in total. The van der Waals surface area contributed by atoms with Crippen LogP contribution in [0.1, 0.15) is 18.9 Å². The van der Waals surface area contributed by atoms with Crippen LogP contribution in [0, 0.1) is 0 Å². The van der Waals surface area contributed by atoms with Crippen molar-refractivity contribution >= 4 is 21.2 Å². The van der Waals surface area contributed by atoms with E-state index in [1.807, 2.05) is 6.07 Å². The number of piperidine rings is 1. The van der Waals surface area contributed by atoms with Crippen LogP contribution in [-0.4, -0.2) is 58.6 Å². The molecule has 0 bridgehead atoms. The fourth-order valence-corrected chi connectivity index (χ4v) is 5.32. The summed E-state index contributed by atoms with van der Waals surface area (Å²) in [6.07, 6.45) is 5.90. The van der Waals surface area contributed by atoms with Gasteiger partial charge in [0.05, 0.1) is 24.7 Å². The highest BCUT2D eigenvalue weighted by Gasteiger charge is 2.33. The molecule has 3 aromatic heterocycles. The van der Waals surface area contributed by atoms with Crippen LogP contribution in [0.3, 0.4) is 0 Å². The van der Waals surface area contributed by atoms with E-state index in [4.69, 9.17) is 4.74 Å². The van der Waals surface area contributed by atoms with Crippen molar-refractivity contribution in [3.63, 3.8) is 0 Å². The summed E-state index contributed by atoms with van der Waals surface area (Å²) in [5, 5.41) is 0. The van der Waals surface area contributed by atoms with Crippen LogP contribution in [0.15, 0.2) is 52.5 Å². The lowest BCUT2D eigenvalue weighted by molar-refractivity contribution is 0.186. The van der Waals surface area contributed by atoms with Crippen LogP contribution in [0.4, 0.5) is 0 Å². The van der Waals surface area contributed by atoms with Gasteiger partial charge in [-0.25, -0.2) is 18.2 Å². The number of sulfonamides is 1. The van der Waals surface area contributed by atoms with Crippen molar-refractivity contribution in [2.75, 3.05) is 26.8 Å². The number of aromatic nitrogens is 4. The molecule has 29 heavy (non-hydrogen) atoms. The predicted octanol–water partition coefficient (Wildman–Crippen LogP) is 1.27. The quantitative estimate of drug-likeness (QED) is 0.599. The lowest BCUT2D eigenvalue weighted by Crippen LogP contribution is -2.43. The Hall–Kier alpha value is -2.56. The number of hydrogen-bond acceptors (Lipinski definition) is 6. The number of ether oxygens (including phenoxy) is 1. The van der Waals surface area contributed by atoms with Crippen molar-refractivity contribution in [1.82, 2.24) is 23.4 Å². The fourth-order valence-electron chi connectivity index (χ4n) is 3.83. The first-order valence-electron chi connectivity index (χ1n) is 9.49. The molecule has 1 atom stereocenters. The molecule has 0 amide bonds. The Balaban J connectivity index is 1.72. The van der Waals surface area contributed by atoms with Crippen molar-refractivity contribution in [2.24, 2.45) is 0 Å². The van der Waals surface area contributed by atoms with Crippen LogP contribution in [-0.2, 0) is 21.3 Å². The second kappa shape index (κ2) is 8.05. The van der Waals surface area contributed by atoms with Gasteiger partial charge in [0, 0.05) is 38.8 Å². The van der Waals surface area contributed by atoms with Crippen molar-refractivity contribution in [1.29, 1.82) is 0 Å². The van der Waals surface area contributed by atoms with Gasteiger partial charge in [-0.3, -0.25) is 14.1 Å². The zero-order valence-electron chi connectivity index (χ0n) is 16.1. The minimum atomic E-state index is -3.67. The van der Waals surface area contributed by atoms with E-state index < -0.39 is 10.0 Å². The van der Waals surface area contributed by atoms with Crippen LogP contribution >= 0.6 is 0 Å². The zero-order valence-corrected chi connectivity index (χ0v) is 17.0. The van der Waals surface area contributed by atoms with E-state index in [1.54, 1.807) is 34.6 Å². The van der Waals surface area contributed by atoms with Gasteiger partial charge in [0.2, 0.25) is 10.0 Å². The minimum Gasteiger partial charge on any atom is -0.383 e. The maximum atomic E-state index is 13.2. The van der Waals surface area contributed by atoms with Crippen molar-refractivity contribution in [3.05, 3.63) is 53.3 Å². The van der Waals surface area contributed by atoms with Gasteiger partial charge in [0.15, 0.2) is 5.65 Å². The van der Waals surface area contributed by atoms with Gasteiger partial charge in [0.1, 0.15) is 4.90 Å². The highest BCUT2D eigenvalue weighted by molar-refractivity contribution is 7.89. The summed E-state index contributed by atoms with van der Waals surface area (Å²) in [6, 6.07) is 6.49. The molecule has 0 radical (unpaired) electrons. The average molecular weight is 417 g/mol. The number of nitrogens with zero attached hydrogens (tertiary/aromatic N) is 5. The molecule has 0 spiro atoms. The Bertz CT molecular complexity index is 1160. The molecule has 1 aliphatic rings. The molecule has 4 rings (SSSR count). The first-order chi connectivity index (χ1) is 14.0. The summed E-state index contributed by atoms with van der Waals surface area (Å²) in [5.41, 5.74) is 1.10. The van der Waals surface area contributed by atoms with Crippen LogP contribution < -0.4 is 5.69 Å². The SMILES string of the molecule is COCCn1c(=O)n([C@H]2CCCN(S(=O)(=O)c3cccnc3)C2)c2ncccc21. The van der Waals surface area contributed by atoms with Gasteiger partial charge in [-0.1, -0.05) is 0 Å². The maximum absolute atomic E-state index is 13.2. The molecule has 0 N–H and O–H groups in total. The van der Waals surface area contributed by atoms with E-state index in [0.29, 0.717) is 38.2 Å². The standard InChI is InChI=1S/C19H23N5O4S/c1-28-12-11-23-17-7-3-9-21-18(17)24(19(23)25)15-5-4-10-22(14-15)29(26,27)16-6-2-8-20-13-16/h2-3,6-9,13,15H,4-5,10-12,14H2,1H3/t15-/m0/s1. The zero-order chi connectivity index (χ0) is 20.4. The van der Waals surface area contributed by atoms with E-state index in [9.17, 15) is 13.2 Å². The third kappa shape index (κ3) is 3.59. The van der Waals surface area contributed by atoms with E-state index in [1.165, 1.54) is 22.8 Å². The molecule has 4 heterocycles. The molecule has 1 fully saturated rings. The Labute approximate surface area is 168 Å². The molecule has 154 valence electrons. The Morgan fingerprint density at radius 2 is 2.07 bits per heavy atom. The lowest BCUT2D eigenvalue weighted by Gasteiger charge is -2.32. The van der Waals surface area contributed by atoms with Gasteiger partial charge in [-0.05, 0) is 37.1 Å². The van der Waals surface area contributed by atoms with Gasteiger partial charge in [0.25, 0.3) is 0 Å². The monoisotopic (exact) mass is 417 g/mol. The summed E-state index contributed by atoms with van der Waals surface area (Å²) >= 11 is 0. The number of imidazole rings is 1. The summed E-state index contributed by atoms with van der Waals surface area (Å²) in [6.45, 7) is 1.45. The van der Waals surface area contributed by atoms with E-state index >= 15 is 0 Å². The van der Waals surface area contributed by atoms with Gasteiger partial charge < -0.3 is 4.74 Å². The van der Waals surface area contributed by atoms with Crippen LogP contribution in [0.2, 0.25) is 0 Å². The van der Waals surface area contributed by atoms with Gasteiger partial charge in [-0.2, -0.15) is 4.31 Å². The topological polar surface area (TPSA) is 99.3 Å². The molecule has 10 heteroatoms. The maximum Gasteiger partial charge on any atom is 0.330 e. The van der Waals surface area contributed by atoms with E-state index in [2.05, 4.69) is 9.97 Å². The Morgan fingerprint density at radius 1 is 1.24 bits per heavy atom. The molecule has 1 saturated heterocycles. The molecule has 3 aromatic rings. The summed E-state index contributed by atoms with van der Waals surface area (Å²) in [5.74, 6) is 0. The molecule has 0 unspecified atom stereocenters. The number of methoxy groups -OCH3 is 1. The number of fused-ring (bicyclic) bond motifs is 1. The third-order valence-electron chi connectivity index (χ3n) is 5.24. The van der Waals surface area contributed by atoms with Crippen molar-refractivity contribution in [2.45, 2.75) is 30.3 Å². The molecular weight excluding hydrogens is 394 g/mol. The lowest BCUT2D eigenvalue weighted by atomic mass is 10.1. The highest BCUT2D eigenvalue weighted by Crippen LogP contribution is 2.27. The van der Waals surface area contributed by atoms with Crippen LogP contribution in [0.25, 0.3) is 11.2 Å². The van der Waals surface area contributed by atoms with E-state index in [-0.39, 0.29) is 23.2 Å². The normalized spacial score (nSPS) is 18.3. The van der Waals surface area contributed by atoms with Crippen molar-refractivity contribution in [3.8, 4) is 0 Å². The Morgan fingerprint density at radius 3 is 2.83 bits per heavy atom. The number of pyridine rings is 2. The van der Waals surface area contributed by atoms with Crippen molar-refractivity contribution < 1.29 is 13.2 Å². The molecule has 0 saturated carbocycles. The van der Waals surface area contributed by atoms with E-state index in [0.717, 1.165) is 5.52 Å². The summed E-state index contributed by atoms with van der Waals surface area (Å²) < 4.78 is 35.9. The predicted molar refractivity (Wildman–Crippen MR) is 107 cm³/mol. The minimum absolute atomic E-state index is 0.161. The largest absolute Gasteiger partial charge is 0.383 e. The number of hydrogen-bond donors (Lipinski definition) is 0. The second-order valence-corrected chi connectivity index (χ2v) is 8.93. The van der Waals surface area contributed by atoms with Gasteiger partial charge in [-0.15, -0.1) is 0 Å². The summed E-state index contributed by atoms with van der Waals surface area (Å²) in [4.78, 5) is 21.7. The third-order valence-corrected chi connectivity index (χ3v) is 7.09. The smallest absolute Gasteiger partial charge is 0.330 e. The fraction of sp³-hybridized carbons (Fsp3) is 0.421. The van der Waals surface area contributed by atoms with Crippen LogP contribution in [0.5, 0.6) is 0 Å². The molecule has 0 aliphatic carbocycles. The first-order valence-corrected chi connectivity index (χ1v) is 10.9. The highest BCUT2D eigenvalue weighted by atomic mass is 32.2. The molecule has 1 aliphatic heterocycles. The number of rotatable bonds is 6. The average Bonchev–Trinajstić information content (AvgIpc) is 3.04. The second-order valence-electron chi connectivity index (χ2n) is 6.99. The summed E-state index contributed by atoms with van der Waals surface area (Å²) in [7, 11) is -2.08. The molecular formula is C19H23N5O4S. The first kappa shape index (κ1) is 19.7. The van der Waals surface area contributed by atoms with Gasteiger partial charge >= 0.3 is 5.69 Å². The molecule has 0 aromatic carbocycles. The Kier molecular flexibility index (Phi) is 5.48.